The zero-order valence-electron chi connectivity index (χ0n) is 11.3. The Hall–Kier alpha value is -2.08. The molecule has 1 heterocycles. The Morgan fingerprint density at radius 3 is 2.90 bits per heavy atom. The van der Waals surface area contributed by atoms with Crippen molar-refractivity contribution >= 4 is 29.3 Å². The second-order valence-corrected chi connectivity index (χ2v) is 4.76. The fourth-order valence-corrected chi connectivity index (χ4v) is 2.23. The second-order valence-electron chi connectivity index (χ2n) is 4.38. The second kappa shape index (κ2) is 5.92. The van der Waals surface area contributed by atoms with Crippen LogP contribution in [0.4, 0.5) is 0 Å². The number of nitrogens with one attached hydrogen (secondary N) is 1. The van der Waals surface area contributed by atoms with Gasteiger partial charge in [0.25, 0.3) is 5.91 Å². The molecular formula is C14H16N2O3S. The predicted molar refractivity (Wildman–Crippen MR) is 80.4 cm³/mol. The van der Waals surface area contributed by atoms with E-state index in [4.69, 9.17) is 17.0 Å². The van der Waals surface area contributed by atoms with Crippen molar-refractivity contribution in [3.05, 3.63) is 29.5 Å². The molecule has 2 N–H and O–H groups in total. The lowest BCUT2D eigenvalue weighted by atomic mass is 10.1. The summed E-state index contributed by atoms with van der Waals surface area (Å²) in [5, 5.41) is 12.9. The number of nitrogens with zero attached hydrogens (tertiary/aromatic N) is 1. The number of amides is 1. The summed E-state index contributed by atoms with van der Waals surface area (Å²) in [6, 6.07) is 4.88. The molecular weight excluding hydrogens is 276 g/mol. The summed E-state index contributed by atoms with van der Waals surface area (Å²) < 4.78 is 5.04. The van der Waals surface area contributed by atoms with Crippen LogP contribution in [0.15, 0.2) is 23.9 Å². The average Bonchev–Trinajstić information content (AvgIpc) is 2.69. The van der Waals surface area contributed by atoms with E-state index in [0.717, 1.165) is 12.0 Å². The smallest absolute Gasteiger partial charge is 0.276 e. The van der Waals surface area contributed by atoms with Crippen molar-refractivity contribution < 1.29 is 14.6 Å². The van der Waals surface area contributed by atoms with Gasteiger partial charge in [-0.05, 0) is 42.4 Å². The molecule has 0 spiro atoms. The van der Waals surface area contributed by atoms with E-state index in [0.29, 0.717) is 23.1 Å². The largest absolute Gasteiger partial charge is 0.504 e. The van der Waals surface area contributed by atoms with Gasteiger partial charge in [0.2, 0.25) is 0 Å². The molecule has 106 valence electrons. The number of aromatic hydroxyl groups is 1. The standard InChI is InChI=1S/C14H16N2O3S/c1-3-6-16-13(18)10(15-14(16)20)7-9-4-5-11(17)12(8-9)19-2/h4-5,7-8,17H,3,6H2,1-2H3,(H,15,20)/b10-7+. The maximum absolute atomic E-state index is 12.2. The molecule has 1 saturated heterocycles. The molecule has 1 aromatic carbocycles. The first-order chi connectivity index (χ1) is 9.56. The molecule has 2 rings (SSSR count). The Labute approximate surface area is 122 Å². The highest BCUT2D eigenvalue weighted by Gasteiger charge is 2.29. The third-order valence-electron chi connectivity index (χ3n) is 2.92. The van der Waals surface area contributed by atoms with E-state index in [1.165, 1.54) is 13.2 Å². The van der Waals surface area contributed by atoms with E-state index < -0.39 is 0 Å². The van der Waals surface area contributed by atoms with Crippen molar-refractivity contribution in [2.45, 2.75) is 13.3 Å². The monoisotopic (exact) mass is 292 g/mol. The van der Waals surface area contributed by atoms with Crippen LogP contribution in [-0.2, 0) is 4.79 Å². The minimum Gasteiger partial charge on any atom is -0.504 e. The quantitative estimate of drug-likeness (QED) is 0.655. The fourth-order valence-electron chi connectivity index (χ4n) is 1.95. The number of carbonyl (C=O) groups excluding carboxylic acids is 1. The molecule has 5 nitrogen and oxygen atoms in total. The van der Waals surface area contributed by atoms with E-state index in [2.05, 4.69) is 5.32 Å². The highest BCUT2D eigenvalue weighted by atomic mass is 32.1. The highest BCUT2D eigenvalue weighted by molar-refractivity contribution is 7.80. The van der Waals surface area contributed by atoms with Crippen molar-refractivity contribution in [1.29, 1.82) is 0 Å². The van der Waals surface area contributed by atoms with Gasteiger partial charge in [-0.25, -0.2) is 0 Å². The van der Waals surface area contributed by atoms with Gasteiger partial charge < -0.3 is 15.2 Å². The van der Waals surface area contributed by atoms with Crippen LogP contribution in [0.1, 0.15) is 18.9 Å². The summed E-state index contributed by atoms with van der Waals surface area (Å²) in [6.45, 7) is 2.59. The van der Waals surface area contributed by atoms with Gasteiger partial charge in [0.05, 0.1) is 7.11 Å². The first-order valence-electron chi connectivity index (χ1n) is 6.28. The van der Waals surface area contributed by atoms with E-state index in [-0.39, 0.29) is 11.7 Å². The van der Waals surface area contributed by atoms with Crippen molar-refractivity contribution in [2.75, 3.05) is 13.7 Å². The topological polar surface area (TPSA) is 61.8 Å². The van der Waals surface area contributed by atoms with Crippen molar-refractivity contribution in [1.82, 2.24) is 10.2 Å². The van der Waals surface area contributed by atoms with Gasteiger partial charge in [0, 0.05) is 6.54 Å². The number of hydrogen-bond donors (Lipinski definition) is 2. The summed E-state index contributed by atoms with van der Waals surface area (Å²) in [4.78, 5) is 13.7. The number of phenols is 1. The molecule has 0 bridgehead atoms. The SMILES string of the molecule is CCCN1C(=O)/C(=C\c2ccc(O)c(OC)c2)NC1=S. The molecule has 0 saturated carbocycles. The van der Waals surface area contributed by atoms with Gasteiger partial charge in [0.15, 0.2) is 16.6 Å². The lowest BCUT2D eigenvalue weighted by molar-refractivity contribution is -0.122. The highest BCUT2D eigenvalue weighted by Crippen LogP contribution is 2.27. The maximum Gasteiger partial charge on any atom is 0.276 e. The molecule has 1 fully saturated rings. The van der Waals surface area contributed by atoms with Crippen LogP contribution in [-0.4, -0.2) is 34.7 Å². The van der Waals surface area contributed by atoms with Crippen LogP contribution in [0.2, 0.25) is 0 Å². The van der Waals surface area contributed by atoms with Crippen molar-refractivity contribution in [3.8, 4) is 11.5 Å². The third-order valence-corrected chi connectivity index (χ3v) is 3.25. The van der Waals surface area contributed by atoms with Gasteiger partial charge in [-0.3, -0.25) is 9.69 Å². The van der Waals surface area contributed by atoms with E-state index in [9.17, 15) is 9.90 Å². The Kier molecular flexibility index (Phi) is 4.24. The number of thiocarbonyl (C=S) groups is 1. The van der Waals surface area contributed by atoms with Crippen LogP contribution in [0.3, 0.4) is 0 Å². The number of hydrogen-bond acceptors (Lipinski definition) is 4. The molecule has 1 aliphatic heterocycles. The van der Waals surface area contributed by atoms with E-state index in [1.807, 2.05) is 6.92 Å². The zero-order chi connectivity index (χ0) is 14.7. The predicted octanol–water partition coefficient (Wildman–Crippen LogP) is 1.87. The first-order valence-corrected chi connectivity index (χ1v) is 6.69. The third kappa shape index (κ3) is 2.75. The molecule has 0 unspecified atom stereocenters. The number of carbonyl (C=O) groups is 1. The van der Waals surface area contributed by atoms with Gasteiger partial charge in [-0.15, -0.1) is 0 Å². The van der Waals surface area contributed by atoms with Crippen LogP contribution >= 0.6 is 12.2 Å². The van der Waals surface area contributed by atoms with E-state index in [1.54, 1.807) is 23.1 Å². The molecule has 0 atom stereocenters. The molecule has 1 aromatic rings. The first kappa shape index (κ1) is 14.3. The van der Waals surface area contributed by atoms with Crippen LogP contribution in [0, 0.1) is 0 Å². The van der Waals surface area contributed by atoms with Crippen LogP contribution in [0.5, 0.6) is 11.5 Å². The molecule has 20 heavy (non-hydrogen) atoms. The summed E-state index contributed by atoms with van der Waals surface area (Å²) in [7, 11) is 1.48. The summed E-state index contributed by atoms with van der Waals surface area (Å²) in [5.41, 5.74) is 1.17. The van der Waals surface area contributed by atoms with Gasteiger partial charge in [0.1, 0.15) is 5.70 Å². The fraction of sp³-hybridized carbons (Fsp3) is 0.286. The Morgan fingerprint density at radius 2 is 2.25 bits per heavy atom. The summed E-state index contributed by atoms with van der Waals surface area (Å²) in [6.07, 6.45) is 2.53. The van der Waals surface area contributed by atoms with Gasteiger partial charge >= 0.3 is 0 Å². The van der Waals surface area contributed by atoms with E-state index >= 15 is 0 Å². The molecule has 1 aliphatic rings. The van der Waals surface area contributed by atoms with Crippen LogP contribution in [0.25, 0.3) is 6.08 Å². The average molecular weight is 292 g/mol. The molecule has 0 aliphatic carbocycles. The Morgan fingerprint density at radius 1 is 1.50 bits per heavy atom. The molecule has 1 amide bonds. The zero-order valence-corrected chi connectivity index (χ0v) is 12.2. The minimum absolute atomic E-state index is 0.0588. The Balaban J connectivity index is 2.28. The summed E-state index contributed by atoms with van der Waals surface area (Å²) in [5.74, 6) is 0.283. The van der Waals surface area contributed by atoms with Crippen LogP contribution < -0.4 is 10.1 Å². The number of phenolic OH excluding ortho intramolecular Hbond substituents is 1. The molecule has 0 radical (unpaired) electrons. The van der Waals surface area contributed by atoms with Crippen molar-refractivity contribution in [2.24, 2.45) is 0 Å². The van der Waals surface area contributed by atoms with Gasteiger partial charge in [-0.1, -0.05) is 13.0 Å². The molecule has 0 aromatic heterocycles. The molecule has 6 heteroatoms. The normalized spacial score (nSPS) is 16.7. The minimum atomic E-state index is -0.135. The maximum atomic E-state index is 12.2. The Bertz CT molecular complexity index is 584. The lowest BCUT2D eigenvalue weighted by Gasteiger charge is -2.11. The van der Waals surface area contributed by atoms with Crippen molar-refractivity contribution in [3.63, 3.8) is 0 Å². The van der Waals surface area contributed by atoms with Gasteiger partial charge in [-0.2, -0.15) is 0 Å². The summed E-state index contributed by atoms with van der Waals surface area (Å²) >= 11 is 5.13. The lowest BCUT2D eigenvalue weighted by Crippen LogP contribution is -2.31. The number of benzene rings is 1. The number of rotatable bonds is 4. The number of methoxy groups -OCH3 is 1. The number of ether oxygens (including phenoxy) is 1.